The number of hydrogen-bond acceptors (Lipinski definition) is 3. The van der Waals surface area contributed by atoms with Crippen molar-refractivity contribution >= 4 is 45.6 Å². The highest BCUT2D eigenvalue weighted by Gasteiger charge is 2.12. The standard InChI is InChI=1S/C19H24F2N4O2S.HI/c1-3-22-19(24-13-15-5-4-6-16(20)11-15)23-9-10-28(26,27)25-17-8-7-14(2)18(21)12-17;/h4-8,11-12,25H,3,9-10,13H2,1-2H3,(H2,22,23,24);1H. The van der Waals surface area contributed by atoms with E-state index in [-0.39, 0.29) is 54.3 Å². The Morgan fingerprint density at radius 2 is 1.86 bits per heavy atom. The minimum absolute atomic E-state index is 0. The van der Waals surface area contributed by atoms with Gasteiger partial charge in [0.2, 0.25) is 10.0 Å². The van der Waals surface area contributed by atoms with Gasteiger partial charge in [-0.05, 0) is 49.2 Å². The third kappa shape index (κ3) is 8.94. The predicted molar refractivity (Wildman–Crippen MR) is 123 cm³/mol. The second kappa shape index (κ2) is 11.9. The average Bonchev–Trinajstić information content (AvgIpc) is 2.62. The Morgan fingerprint density at radius 3 is 2.52 bits per heavy atom. The third-order valence-corrected chi connectivity index (χ3v) is 5.05. The lowest BCUT2D eigenvalue weighted by Gasteiger charge is -2.13. The molecule has 0 spiro atoms. The lowest BCUT2D eigenvalue weighted by molar-refractivity contribution is 0.599. The molecule has 0 saturated heterocycles. The maximum Gasteiger partial charge on any atom is 0.234 e. The molecule has 0 fully saturated rings. The van der Waals surface area contributed by atoms with Crippen LogP contribution in [0, 0.1) is 18.6 Å². The summed E-state index contributed by atoms with van der Waals surface area (Å²) in [5.74, 6) is -0.622. The van der Waals surface area contributed by atoms with Crippen LogP contribution < -0.4 is 15.4 Å². The van der Waals surface area contributed by atoms with Gasteiger partial charge in [-0.3, -0.25) is 4.72 Å². The Kier molecular flexibility index (Phi) is 10.3. The lowest BCUT2D eigenvalue weighted by Crippen LogP contribution is -2.40. The summed E-state index contributed by atoms with van der Waals surface area (Å²) in [6, 6.07) is 10.3. The van der Waals surface area contributed by atoms with Crippen molar-refractivity contribution in [3.05, 3.63) is 65.2 Å². The van der Waals surface area contributed by atoms with Crippen molar-refractivity contribution in [2.75, 3.05) is 23.6 Å². The van der Waals surface area contributed by atoms with Gasteiger partial charge in [0.05, 0.1) is 18.0 Å². The van der Waals surface area contributed by atoms with E-state index in [1.54, 1.807) is 19.1 Å². The number of sulfonamides is 1. The number of aryl methyl sites for hydroxylation is 1. The Balaban J connectivity index is 0.00000420. The molecule has 0 aromatic heterocycles. The smallest absolute Gasteiger partial charge is 0.234 e. The molecular weight excluding hydrogens is 513 g/mol. The summed E-state index contributed by atoms with van der Waals surface area (Å²) in [5, 5.41) is 5.92. The minimum atomic E-state index is -3.66. The van der Waals surface area contributed by atoms with E-state index < -0.39 is 15.8 Å². The van der Waals surface area contributed by atoms with Crippen molar-refractivity contribution in [3.8, 4) is 0 Å². The molecule has 0 saturated carbocycles. The molecule has 2 aromatic carbocycles. The first kappa shape index (κ1) is 25.1. The van der Waals surface area contributed by atoms with Crippen molar-refractivity contribution < 1.29 is 17.2 Å². The topological polar surface area (TPSA) is 82.6 Å². The van der Waals surface area contributed by atoms with Crippen LogP contribution in [0.1, 0.15) is 18.1 Å². The van der Waals surface area contributed by atoms with Crippen molar-refractivity contribution in [1.29, 1.82) is 0 Å². The number of anilines is 1. The summed E-state index contributed by atoms with van der Waals surface area (Å²) < 4.78 is 53.5. The fourth-order valence-electron chi connectivity index (χ4n) is 2.34. The molecule has 0 aliphatic heterocycles. The number of aliphatic imine (C=N–C) groups is 1. The molecule has 0 atom stereocenters. The quantitative estimate of drug-likeness (QED) is 0.274. The van der Waals surface area contributed by atoms with E-state index in [0.717, 1.165) is 6.07 Å². The highest BCUT2D eigenvalue weighted by Crippen LogP contribution is 2.14. The molecular formula is C19H25F2IN4O2S. The van der Waals surface area contributed by atoms with E-state index in [4.69, 9.17) is 0 Å². The van der Waals surface area contributed by atoms with Gasteiger partial charge in [-0.1, -0.05) is 18.2 Å². The summed E-state index contributed by atoms with van der Waals surface area (Å²) in [6.07, 6.45) is 0. The van der Waals surface area contributed by atoms with Gasteiger partial charge < -0.3 is 10.6 Å². The number of nitrogens with zero attached hydrogens (tertiary/aromatic N) is 1. The molecule has 0 bridgehead atoms. The highest BCUT2D eigenvalue weighted by atomic mass is 127. The molecule has 0 unspecified atom stereocenters. The van der Waals surface area contributed by atoms with Crippen LogP contribution in [0.2, 0.25) is 0 Å². The van der Waals surface area contributed by atoms with Crippen LogP contribution in [-0.2, 0) is 16.6 Å². The van der Waals surface area contributed by atoms with Gasteiger partial charge in [-0.15, -0.1) is 24.0 Å². The van der Waals surface area contributed by atoms with Crippen LogP contribution in [0.5, 0.6) is 0 Å². The number of halogens is 3. The Bertz CT molecular complexity index is 940. The van der Waals surface area contributed by atoms with Gasteiger partial charge in [-0.2, -0.15) is 0 Å². The molecule has 0 aliphatic carbocycles. The summed E-state index contributed by atoms with van der Waals surface area (Å²) in [7, 11) is -3.66. The summed E-state index contributed by atoms with van der Waals surface area (Å²) in [5.41, 5.74) is 1.32. The fraction of sp³-hybridized carbons (Fsp3) is 0.316. The third-order valence-electron chi connectivity index (χ3n) is 3.76. The predicted octanol–water partition coefficient (Wildman–Crippen LogP) is 3.39. The number of nitrogens with one attached hydrogen (secondary N) is 3. The average molecular weight is 538 g/mol. The van der Waals surface area contributed by atoms with E-state index in [0.29, 0.717) is 23.6 Å². The van der Waals surface area contributed by atoms with Crippen molar-refractivity contribution in [2.24, 2.45) is 4.99 Å². The molecule has 3 N–H and O–H groups in total. The van der Waals surface area contributed by atoms with Gasteiger partial charge in [0.15, 0.2) is 5.96 Å². The molecule has 160 valence electrons. The highest BCUT2D eigenvalue weighted by molar-refractivity contribution is 14.0. The van der Waals surface area contributed by atoms with Crippen LogP contribution in [0.3, 0.4) is 0 Å². The second-order valence-electron chi connectivity index (χ2n) is 6.14. The maximum atomic E-state index is 13.6. The van der Waals surface area contributed by atoms with Gasteiger partial charge >= 0.3 is 0 Å². The number of hydrogen-bond donors (Lipinski definition) is 3. The van der Waals surface area contributed by atoms with Crippen LogP contribution in [-0.4, -0.2) is 33.2 Å². The first-order valence-corrected chi connectivity index (χ1v) is 10.5. The van der Waals surface area contributed by atoms with Crippen LogP contribution in [0.4, 0.5) is 14.5 Å². The van der Waals surface area contributed by atoms with Crippen molar-refractivity contribution in [1.82, 2.24) is 10.6 Å². The monoisotopic (exact) mass is 538 g/mol. The zero-order valence-corrected chi connectivity index (χ0v) is 19.4. The number of rotatable bonds is 8. The van der Waals surface area contributed by atoms with Crippen molar-refractivity contribution in [3.63, 3.8) is 0 Å². The molecule has 0 aliphatic rings. The Labute approximate surface area is 187 Å². The van der Waals surface area contributed by atoms with Crippen LogP contribution in [0.15, 0.2) is 47.5 Å². The van der Waals surface area contributed by atoms with E-state index in [1.165, 1.54) is 24.3 Å². The van der Waals surface area contributed by atoms with Crippen molar-refractivity contribution in [2.45, 2.75) is 20.4 Å². The molecule has 0 heterocycles. The molecule has 0 amide bonds. The molecule has 2 aromatic rings. The SMILES string of the molecule is CCNC(=NCc1cccc(F)c1)NCCS(=O)(=O)Nc1ccc(C)c(F)c1.I. The zero-order chi connectivity index (χ0) is 20.6. The van der Waals surface area contributed by atoms with Crippen LogP contribution >= 0.6 is 24.0 Å². The van der Waals surface area contributed by atoms with Gasteiger partial charge in [0.25, 0.3) is 0 Å². The van der Waals surface area contributed by atoms with Gasteiger partial charge in [-0.25, -0.2) is 22.2 Å². The van der Waals surface area contributed by atoms with Gasteiger partial charge in [0, 0.05) is 13.1 Å². The molecule has 10 heteroatoms. The minimum Gasteiger partial charge on any atom is -0.357 e. The van der Waals surface area contributed by atoms with Gasteiger partial charge in [0.1, 0.15) is 11.6 Å². The molecule has 2 rings (SSSR count). The Hall–Kier alpha value is -1.95. The largest absolute Gasteiger partial charge is 0.357 e. The number of guanidine groups is 1. The van der Waals surface area contributed by atoms with E-state index in [2.05, 4.69) is 20.3 Å². The summed E-state index contributed by atoms with van der Waals surface area (Å²) in [4.78, 5) is 4.31. The maximum absolute atomic E-state index is 13.6. The zero-order valence-electron chi connectivity index (χ0n) is 16.2. The van der Waals surface area contributed by atoms with E-state index in [1.807, 2.05) is 6.92 Å². The fourth-order valence-corrected chi connectivity index (χ4v) is 3.30. The van der Waals surface area contributed by atoms with Crippen LogP contribution in [0.25, 0.3) is 0 Å². The second-order valence-corrected chi connectivity index (χ2v) is 7.98. The summed E-state index contributed by atoms with van der Waals surface area (Å²) >= 11 is 0. The Morgan fingerprint density at radius 1 is 1.10 bits per heavy atom. The summed E-state index contributed by atoms with van der Waals surface area (Å²) in [6.45, 7) is 4.41. The van der Waals surface area contributed by atoms with E-state index >= 15 is 0 Å². The first-order valence-electron chi connectivity index (χ1n) is 8.82. The number of benzene rings is 2. The van der Waals surface area contributed by atoms with E-state index in [9.17, 15) is 17.2 Å². The molecule has 6 nitrogen and oxygen atoms in total. The normalized spacial score (nSPS) is 11.5. The lowest BCUT2D eigenvalue weighted by atomic mass is 10.2. The first-order chi connectivity index (χ1) is 13.3. The molecule has 29 heavy (non-hydrogen) atoms. The molecule has 0 radical (unpaired) electrons.